The Hall–Kier alpha value is -0.900. The van der Waals surface area contributed by atoms with Gasteiger partial charge in [0.15, 0.2) is 5.82 Å². The molecule has 2 fully saturated rings. The largest absolute Gasteiger partial charge is 0.339 e. The SMILES string of the molecule is C1CNC[C@H](Cc2nc(C3CC3)no2)C1. The van der Waals surface area contributed by atoms with Gasteiger partial charge in [-0.25, -0.2) is 0 Å². The van der Waals surface area contributed by atoms with Gasteiger partial charge < -0.3 is 9.84 Å². The third-order valence-corrected chi connectivity index (χ3v) is 3.29. The van der Waals surface area contributed by atoms with Crippen molar-refractivity contribution < 1.29 is 4.52 Å². The summed E-state index contributed by atoms with van der Waals surface area (Å²) in [4.78, 5) is 4.46. The van der Waals surface area contributed by atoms with Gasteiger partial charge in [-0.3, -0.25) is 0 Å². The third kappa shape index (κ3) is 2.20. The van der Waals surface area contributed by atoms with Crippen LogP contribution in [-0.2, 0) is 6.42 Å². The second kappa shape index (κ2) is 3.93. The summed E-state index contributed by atoms with van der Waals surface area (Å²) in [6.07, 6.45) is 5.99. The molecule has 0 spiro atoms. The molecule has 1 atom stereocenters. The lowest BCUT2D eigenvalue weighted by molar-refractivity contribution is 0.314. The maximum Gasteiger partial charge on any atom is 0.226 e. The van der Waals surface area contributed by atoms with Crippen molar-refractivity contribution in [1.82, 2.24) is 15.5 Å². The van der Waals surface area contributed by atoms with Gasteiger partial charge in [-0.05, 0) is 44.7 Å². The Morgan fingerprint density at radius 1 is 1.33 bits per heavy atom. The molecular weight excluding hydrogens is 190 g/mol. The lowest BCUT2D eigenvalue weighted by Crippen LogP contribution is -2.30. The lowest BCUT2D eigenvalue weighted by atomic mass is 9.96. The first-order chi connectivity index (χ1) is 7.42. The van der Waals surface area contributed by atoms with Crippen LogP contribution in [0.15, 0.2) is 4.52 Å². The molecule has 2 heterocycles. The van der Waals surface area contributed by atoms with E-state index in [9.17, 15) is 0 Å². The van der Waals surface area contributed by atoms with E-state index < -0.39 is 0 Å². The van der Waals surface area contributed by atoms with Gasteiger partial charge in [-0.1, -0.05) is 5.16 Å². The molecule has 1 aromatic heterocycles. The molecule has 4 nitrogen and oxygen atoms in total. The highest BCUT2D eigenvalue weighted by molar-refractivity contribution is 5.03. The summed E-state index contributed by atoms with van der Waals surface area (Å²) in [5, 5.41) is 7.44. The van der Waals surface area contributed by atoms with Crippen LogP contribution in [0.4, 0.5) is 0 Å². The van der Waals surface area contributed by atoms with Crippen molar-refractivity contribution >= 4 is 0 Å². The molecule has 0 radical (unpaired) electrons. The molecule has 0 amide bonds. The molecule has 1 N–H and O–H groups in total. The fraction of sp³-hybridized carbons (Fsp3) is 0.818. The molecule has 2 aliphatic rings. The average molecular weight is 207 g/mol. The van der Waals surface area contributed by atoms with Gasteiger partial charge in [0.2, 0.25) is 5.89 Å². The fourth-order valence-corrected chi connectivity index (χ4v) is 2.20. The van der Waals surface area contributed by atoms with E-state index in [4.69, 9.17) is 4.52 Å². The van der Waals surface area contributed by atoms with Crippen LogP contribution in [0.1, 0.15) is 43.3 Å². The number of rotatable bonds is 3. The molecule has 4 heteroatoms. The Labute approximate surface area is 89.4 Å². The van der Waals surface area contributed by atoms with Crippen molar-refractivity contribution in [2.45, 2.75) is 38.0 Å². The average Bonchev–Trinajstić information content (AvgIpc) is 3.02. The number of hydrogen-bond acceptors (Lipinski definition) is 4. The zero-order valence-corrected chi connectivity index (χ0v) is 8.91. The Morgan fingerprint density at radius 3 is 3.00 bits per heavy atom. The van der Waals surface area contributed by atoms with Crippen molar-refractivity contribution in [2.24, 2.45) is 5.92 Å². The standard InChI is InChI=1S/C11H17N3O/c1-2-8(7-12-5-1)6-10-13-11(14-15-10)9-3-4-9/h8-9,12H,1-7H2/t8-/m0/s1. The van der Waals surface area contributed by atoms with Gasteiger partial charge in [0, 0.05) is 12.3 Å². The Kier molecular flexibility index (Phi) is 2.44. The van der Waals surface area contributed by atoms with Crippen LogP contribution < -0.4 is 5.32 Å². The van der Waals surface area contributed by atoms with Crippen molar-refractivity contribution in [3.05, 3.63) is 11.7 Å². The molecule has 1 saturated carbocycles. The Balaban J connectivity index is 1.60. The zero-order valence-electron chi connectivity index (χ0n) is 8.91. The van der Waals surface area contributed by atoms with E-state index >= 15 is 0 Å². The van der Waals surface area contributed by atoms with Crippen molar-refractivity contribution in [3.8, 4) is 0 Å². The number of aromatic nitrogens is 2. The number of nitrogens with zero attached hydrogens (tertiary/aromatic N) is 2. The minimum atomic E-state index is 0.604. The number of piperidine rings is 1. The topological polar surface area (TPSA) is 51.0 Å². The van der Waals surface area contributed by atoms with Gasteiger partial charge in [-0.2, -0.15) is 4.98 Å². The highest BCUT2D eigenvalue weighted by atomic mass is 16.5. The van der Waals surface area contributed by atoms with Crippen LogP contribution in [0, 0.1) is 5.92 Å². The Morgan fingerprint density at radius 2 is 2.27 bits per heavy atom. The summed E-state index contributed by atoms with van der Waals surface area (Å²) < 4.78 is 5.28. The summed E-state index contributed by atoms with van der Waals surface area (Å²) in [7, 11) is 0. The summed E-state index contributed by atoms with van der Waals surface area (Å²) in [5.41, 5.74) is 0. The minimum Gasteiger partial charge on any atom is -0.339 e. The molecule has 3 rings (SSSR count). The molecule has 15 heavy (non-hydrogen) atoms. The van der Waals surface area contributed by atoms with Crippen molar-refractivity contribution in [3.63, 3.8) is 0 Å². The monoisotopic (exact) mass is 207 g/mol. The van der Waals surface area contributed by atoms with Gasteiger partial charge >= 0.3 is 0 Å². The highest BCUT2D eigenvalue weighted by Gasteiger charge is 2.29. The van der Waals surface area contributed by atoms with Gasteiger partial charge in [-0.15, -0.1) is 0 Å². The summed E-state index contributed by atoms with van der Waals surface area (Å²) >= 11 is 0. The second-order valence-electron chi connectivity index (χ2n) is 4.74. The lowest BCUT2D eigenvalue weighted by Gasteiger charge is -2.20. The zero-order chi connectivity index (χ0) is 10.1. The first-order valence-electron chi connectivity index (χ1n) is 5.95. The summed E-state index contributed by atoms with van der Waals surface area (Å²) in [6.45, 7) is 2.26. The fourth-order valence-electron chi connectivity index (χ4n) is 2.20. The van der Waals surface area contributed by atoms with E-state index in [0.717, 1.165) is 31.2 Å². The molecule has 82 valence electrons. The van der Waals surface area contributed by atoms with Crippen molar-refractivity contribution in [1.29, 1.82) is 0 Å². The van der Waals surface area contributed by atoms with Crippen LogP contribution >= 0.6 is 0 Å². The third-order valence-electron chi connectivity index (χ3n) is 3.29. The number of nitrogens with one attached hydrogen (secondary N) is 1. The predicted octanol–water partition coefficient (Wildman–Crippen LogP) is 1.49. The molecule has 1 aliphatic heterocycles. The molecule has 1 aromatic rings. The van der Waals surface area contributed by atoms with E-state index in [2.05, 4.69) is 15.5 Å². The van der Waals surface area contributed by atoms with E-state index in [1.165, 1.54) is 25.7 Å². The highest BCUT2D eigenvalue weighted by Crippen LogP contribution is 2.38. The quantitative estimate of drug-likeness (QED) is 0.815. The van der Waals surface area contributed by atoms with E-state index in [-0.39, 0.29) is 0 Å². The van der Waals surface area contributed by atoms with Crippen LogP contribution in [-0.4, -0.2) is 23.2 Å². The molecule has 0 unspecified atom stereocenters. The first-order valence-corrected chi connectivity index (χ1v) is 5.95. The predicted molar refractivity (Wildman–Crippen MR) is 55.6 cm³/mol. The van der Waals surface area contributed by atoms with Crippen LogP contribution in [0.2, 0.25) is 0 Å². The molecule has 0 bridgehead atoms. The minimum absolute atomic E-state index is 0.604. The van der Waals surface area contributed by atoms with E-state index in [0.29, 0.717) is 11.8 Å². The molecular formula is C11H17N3O. The number of hydrogen-bond donors (Lipinski definition) is 1. The molecule has 1 aliphatic carbocycles. The maximum atomic E-state index is 5.28. The second-order valence-corrected chi connectivity index (χ2v) is 4.74. The summed E-state index contributed by atoms with van der Waals surface area (Å²) in [6, 6.07) is 0. The summed E-state index contributed by atoms with van der Waals surface area (Å²) in [5.74, 6) is 3.07. The maximum absolute atomic E-state index is 5.28. The van der Waals surface area contributed by atoms with Crippen LogP contribution in [0.25, 0.3) is 0 Å². The Bertz CT molecular complexity index is 326. The first kappa shape index (κ1) is 9.33. The van der Waals surface area contributed by atoms with Gasteiger partial charge in [0.05, 0.1) is 0 Å². The normalized spacial score (nSPS) is 26.8. The molecule has 0 aromatic carbocycles. The van der Waals surface area contributed by atoms with E-state index in [1.807, 2.05) is 0 Å². The smallest absolute Gasteiger partial charge is 0.226 e. The van der Waals surface area contributed by atoms with Gasteiger partial charge in [0.25, 0.3) is 0 Å². The van der Waals surface area contributed by atoms with Crippen molar-refractivity contribution in [2.75, 3.05) is 13.1 Å². The van der Waals surface area contributed by atoms with E-state index in [1.54, 1.807) is 0 Å². The molecule has 1 saturated heterocycles. The van der Waals surface area contributed by atoms with Crippen LogP contribution in [0.3, 0.4) is 0 Å². The van der Waals surface area contributed by atoms with Crippen LogP contribution in [0.5, 0.6) is 0 Å². The van der Waals surface area contributed by atoms with Gasteiger partial charge in [0.1, 0.15) is 0 Å².